The van der Waals surface area contributed by atoms with E-state index in [0.29, 0.717) is 17.6 Å². The molecule has 1 fully saturated rings. The Morgan fingerprint density at radius 2 is 2.07 bits per heavy atom. The molecule has 14 heavy (non-hydrogen) atoms. The van der Waals surface area contributed by atoms with Gasteiger partial charge in [0.1, 0.15) is 0 Å². The van der Waals surface area contributed by atoms with Gasteiger partial charge in [-0.1, -0.05) is 0 Å². The number of esters is 1. The number of hydrogen-bond donors (Lipinski definition) is 1. The molecule has 0 saturated heterocycles. The predicted molar refractivity (Wildman–Crippen MR) is 51.7 cm³/mol. The molecule has 1 aliphatic carbocycles. The molecule has 1 aliphatic rings. The van der Waals surface area contributed by atoms with Crippen molar-refractivity contribution in [3.05, 3.63) is 5.21 Å². The number of rotatable bonds is 3. The minimum absolute atomic E-state index is 0.0223. The fourth-order valence-electron chi connectivity index (χ4n) is 2.00. The molecule has 0 unspecified atom stereocenters. The van der Waals surface area contributed by atoms with Crippen molar-refractivity contribution in [2.24, 2.45) is 17.7 Å². The Labute approximate surface area is 83.7 Å². The van der Waals surface area contributed by atoms with E-state index in [9.17, 15) is 10.0 Å². The Kier molecular flexibility index (Phi) is 4.31. The molecule has 2 N–H and O–H groups in total. The highest BCUT2D eigenvalue weighted by molar-refractivity contribution is 5.72. The lowest BCUT2D eigenvalue weighted by molar-refractivity contribution is -0.146. The number of carbonyl (C=O) groups is 1. The highest BCUT2D eigenvalue weighted by Gasteiger charge is 2.26. The summed E-state index contributed by atoms with van der Waals surface area (Å²) < 4.78 is 4.67. The SMILES string of the molecule is COC(=O)C1CCC(CN(N)[O-])CC1. The Bertz CT molecular complexity index is 188. The number of hydrazine groups is 1. The molecule has 0 aliphatic heterocycles. The first-order chi connectivity index (χ1) is 6.63. The van der Waals surface area contributed by atoms with E-state index >= 15 is 0 Å². The lowest BCUT2D eigenvalue weighted by Gasteiger charge is -2.32. The van der Waals surface area contributed by atoms with Crippen LogP contribution in [0.25, 0.3) is 0 Å². The van der Waals surface area contributed by atoms with Crippen LogP contribution in [0.3, 0.4) is 0 Å². The molecule has 0 aromatic carbocycles. The van der Waals surface area contributed by atoms with E-state index in [-0.39, 0.29) is 11.9 Å². The molecule has 1 saturated carbocycles. The molecule has 0 aromatic heterocycles. The molecule has 0 atom stereocenters. The minimum atomic E-state index is -0.129. The maximum atomic E-state index is 11.2. The average Bonchev–Trinajstić information content (AvgIpc) is 2.17. The second-order valence-electron chi connectivity index (χ2n) is 3.84. The largest absolute Gasteiger partial charge is 0.772 e. The molecule has 0 aromatic rings. The third-order valence-electron chi connectivity index (χ3n) is 2.82. The van der Waals surface area contributed by atoms with Gasteiger partial charge in [-0.05, 0) is 31.6 Å². The van der Waals surface area contributed by atoms with E-state index in [1.54, 1.807) is 0 Å². The van der Waals surface area contributed by atoms with Crippen molar-refractivity contribution in [3.8, 4) is 0 Å². The van der Waals surface area contributed by atoms with Gasteiger partial charge < -0.3 is 15.1 Å². The Morgan fingerprint density at radius 3 is 2.50 bits per heavy atom. The summed E-state index contributed by atoms with van der Waals surface area (Å²) in [6.07, 6.45) is 3.39. The van der Waals surface area contributed by atoms with Gasteiger partial charge in [-0.25, -0.2) is 0 Å². The third-order valence-corrected chi connectivity index (χ3v) is 2.82. The van der Waals surface area contributed by atoms with Crippen molar-refractivity contribution in [1.29, 1.82) is 0 Å². The molecule has 0 spiro atoms. The number of hydrogen-bond acceptors (Lipinski definition) is 5. The van der Waals surface area contributed by atoms with Gasteiger partial charge in [0.25, 0.3) is 0 Å². The standard InChI is InChI=1S/C9H17N2O3/c1-14-9(12)8-4-2-7(3-5-8)6-11(10)13/h7-8H,2-6,10H2,1H3/q-1. The molecule has 0 bridgehead atoms. The van der Waals surface area contributed by atoms with Crippen molar-refractivity contribution < 1.29 is 9.53 Å². The Balaban J connectivity index is 2.27. The minimum Gasteiger partial charge on any atom is -0.772 e. The monoisotopic (exact) mass is 201 g/mol. The summed E-state index contributed by atoms with van der Waals surface area (Å²) >= 11 is 0. The number of hydroxylamine groups is 1. The van der Waals surface area contributed by atoms with Gasteiger partial charge in [-0.3, -0.25) is 10.6 Å². The van der Waals surface area contributed by atoms with Crippen LogP contribution in [-0.4, -0.2) is 24.8 Å². The maximum Gasteiger partial charge on any atom is 0.308 e. The van der Waals surface area contributed by atoms with Crippen LogP contribution in [0.2, 0.25) is 0 Å². The average molecular weight is 201 g/mol. The van der Waals surface area contributed by atoms with Gasteiger partial charge >= 0.3 is 5.97 Å². The van der Waals surface area contributed by atoms with Crippen LogP contribution in [0, 0.1) is 17.0 Å². The first kappa shape index (κ1) is 11.4. The smallest absolute Gasteiger partial charge is 0.308 e. The Morgan fingerprint density at radius 1 is 1.50 bits per heavy atom. The second-order valence-corrected chi connectivity index (χ2v) is 3.84. The molecule has 0 heterocycles. The molecule has 82 valence electrons. The maximum absolute atomic E-state index is 11.2. The van der Waals surface area contributed by atoms with Crippen LogP contribution in [0.5, 0.6) is 0 Å². The van der Waals surface area contributed by atoms with E-state index < -0.39 is 0 Å². The topological polar surface area (TPSA) is 78.6 Å². The van der Waals surface area contributed by atoms with Gasteiger partial charge in [0, 0.05) is 6.54 Å². The highest BCUT2D eigenvalue weighted by atomic mass is 16.5. The van der Waals surface area contributed by atoms with E-state index in [4.69, 9.17) is 5.84 Å². The van der Waals surface area contributed by atoms with Crippen molar-refractivity contribution >= 4 is 5.97 Å². The molecular formula is C9H17N2O3-. The highest BCUT2D eigenvalue weighted by Crippen LogP contribution is 2.29. The van der Waals surface area contributed by atoms with Crippen LogP contribution < -0.4 is 5.84 Å². The van der Waals surface area contributed by atoms with E-state index in [1.807, 2.05) is 0 Å². The van der Waals surface area contributed by atoms with Gasteiger partial charge in [-0.15, -0.1) is 0 Å². The predicted octanol–water partition coefficient (Wildman–Crippen LogP) is 0.639. The zero-order valence-electron chi connectivity index (χ0n) is 8.44. The molecule has 5 heteroatoms. The van der Waals surface area contributed by atoms with Crippen LogP contribution in [0.15, 0.2) is 0 Å². The molecule has 0 radical (unpaired) electrons. The molecule has 5 nitrogen and oxygen atoms in total. The van der Waals surface area contributed by atoms with Crippen LogP contribution in [0.4, 0.5) is 0 Å². The summed E-state index contributed by atoms with van der Waals surface area (Å²) in [5.74, 6) is 5.25. The van der Waals surface area contributed by atoms with Crippen molar-refractivity contribution in [1.82, 2.24) is 5.17 Å². The van der Waals surface area contributed by atoms with E-state index in [1.165, 1.54) is 7.11 Å². The van der Waals surface area contributed by atoms with Crippen molar-refractivity contribution in [3.63, 3.8) is 0 Å². The number of ether oxygens (including phenoxy) is 1. The van der Waals surface area contributed by atoms with Crippen molar-refractivity contribution in [2.45, 2.75) is 25.7 Å². The number of carbonyl (C=O) groups excluding carboxylic acids is 1. The summed E-state index contributed by atoms with van der Waals surface area (Å²) in [6.45, 7) is 0.369. The quantitative estimate of drug-likeness (QED) is 0.412. The third kappa shape index (κ3) is 3.25. The molecule has 1 rings (SSSR count). The van der Waals surface area contributed by atoms with Crippen molar-refractivity contribution in [2.75, 3.05) is 13.7 Å². The first-order valence-corrected chi connectivity index (χ1v) is 4.90. The zero-order chi connectivity index (χ0) is 10.6. The first-order valence-electron chi connectivity index (χ1n) is 4.90. The van der Waals surface area contributed by atoms with Crippen LogP contribution >= 0.6 is 0 Å². The van der Waals surface area contributed by atoms with Gasteiger partial charge in [0.15, 0.2) is 0 Å². The van der Waals surface area contributed by atoms with Gasteiger partial charge in [0.05, 0.1) is 13.0 Å². The lowest BCUT2D eigenvalue weighted by Crippen LogP contribution is -2.33. The van der Waals surface area contributed by atoms with Gasteiger partial charge in [0.2, 0.25) is 0 Å². The zero-order valence-corrected chi connectivity index (χ0v) is 8.44. The van der Waals surface area contributed by atoms with Gasteiger partial charge in [-0.2, -0.15) is 0 Å². The normalized spacial score (nSPS) is 27.7. The van der Waals surface area contributed by atoms with Crippen LogP contribution in [-0.2, 0) is 9.53 Å². The van der Waals surface area contributed by atoms with E-state index in [0.717, 1.165) is 25.7 Å². The fourth-order valence-corrected chi connectivity index (χ4v) is 2.00. The van der Waals surface area contributed by atoms with Crippen LogP contribution in [0.1, 0.15) is 25.7 Å². The number of nitrogens with two attached hydrogens (primary N) is 1. The summed E-state index contributed by atoms with van der Waals surface area (Å²) in [7, 11) is 1.41. The molecular weight excluding hydrogens is 184 g/mol. The second kappa shape index (κ2) is 5.29. The summed E-state index contributed by atoms with van der Waals surface area (Å²) in [6, 6.07) is 0. The van der Waals surface area contributed by atoms with E-state index in [2.05, 4.69) is 4.74 Å². The summed E-state index contributed by atoms with van der Waals surface area (Å²) in [5.41, 5.74) is 0. The lowest BCUT2D eigenvalue weighted by atomic mass is 9.82. The molecule has 0 amide bonds. The fraction of sp³-hybridized carbons (Fsp3) is 0.889. The summed E-state index contributed by atoms with van der Waals surface area (Å²) in [5, 5.41) is 11.1. The summed E-state index contributed by atoms with van der Waals surface area (Å²) in [4.78, 5) is 11.2. The Hall–Kier alpha value is -0.650. The number of methoxy groups -OCH3 is 1. The number of nitrogens with zero attached hydrogens (tertiary/aromatic N) is 1.